The van der Waals surface area contributed by atoms with Gasteiger partial charge in [0.2, 0.25) is 0 Å². The lowest BCUT2D eigenvalue weighted by molar-refractivity contribution is -0.138. The normalized spacial score (nSPS) is 12.3. The Balaban J connectivity index is 3.61. The van der Waals surface area contributed by atoms with Gasteiger partial charge in [-0.15, -0.1) is 0 Å². The molecular weight excluding hydrogens is 246 g/mol. The summed E-state index contributed by atoms with van der Waals surface area (Å²) < 4.78 is 5.00. The maximum atomic E-state index is 10.9. The van der Waals surface area contributed by atoms with Gasteiger partial charge in [-0.25, -0.2) is 0 Å². The molecule has 0 fully saturated rings. The summed E-state index contributed by atoms with van der Waals surface area (Å²) in [5, 5.41) is 19.2. The fourth-order valence-electron chi connectivity index (χ4n) is 1.73. The highest BCUT2D eigenvalue weighted by molar-refractivity contribution is 6.32. The molecule has 1 aromatic rings. The second-order valence-corrected chi connectivity index (χ2v) is 4.05. The van der Waals surface area contributed by atoms with Crippen LogP contribution in [-0.4, -0.2) is 23.3 Å². The summed E-state index contributed by atoms with van der Waals surface area (Å²) in [6.07, 6.45) is 0. The monoisotopic (exact) mass is 259 g/mol. The van der Waals surface area contributed by atoms with Crippen LogP contribution in [0, 0.1) is 13.8 Å². The molecule has 0 aromatic heterocycles. The minimum atomic E-state index is -1.35. The van der Waals surface area contributed by atoms with Gasteiger partial charge in [0.05, 0.1) is 12.1 Å². The summed E-state index contributed by atoms with van der Waals surface area (Å²) in [6, 6.07) is -1.35. The van der Waals surface area contributed by atoms with E-state index in [0.29, 0.717) is 16.1 Å². The first-order chi connectivity index (χ1) is 7.82. The Morgan fingerprint density at radius 1 is 1.41 bits per heavy atom. The molecule has 1 aromatic carbocycles. The second kappa shape index (κ2) is 4.81. The number of phenols is 1. The van der Waals surface area contributed by atoms with E-state index in [1.54, 1.807) is 13.8 Å². The first kappa shape index (κ1) is 13.6. The minimum absolute atomic E-state index is 0.0740. The van der Waals surface area contributed by atoms with Crippen molar-refractivity contribution in [1.29, 1.82) is 0 Å². The van der Waals surface area contributed by atoms with Crippen LogP contribution in [0.1, 0.15) is 22.7 Å². The minimum Gasteiger partial charge on any atom is -0.504 e. The van der Waals surface area contributed by atoms with Crippen LogP contribution in [0.25, 0.3) is 0 Å². The van der Waals surface area contributed by atoms with Crippen molar-refractivity contribution in [1.82, 2.24) is 0 Å². The van der Waals surface area contributed by atoms with Crippen LogP contribution >= 0.6 is 11.6 Å². The van der Waals surface area contributed by atoms with Gasteiger partial charge in [-0.2, -0.15) is 0 Å². The summed E-state index contributed by atoms with van der Waals surface area (Å²) in [7, 11) is 1.36. The summed E-state index contributed by atoms with van der Waals surface area (Å²) in [6.45, 7) is 3.27. The van der Waals surface area contributed by atoms with Crippen LogP contribution in [-0.2, 0) is 4.79 Å². The number of aliphatic carboxylic acids is 1. The van der Waals surface area contributed by atoms with E-state index < -0.39 is 12.0 Å². The third-order valence-corrected chi connectivity index (χ3v) is 3.22. The molecule has 0 radical (unpaired) electrons. The van der Waals surface area contributed by atoms with Crippen molar-refractivity contribution in [3.63, 3.8) is 0 Å². The van der Waals surface area contributed by atoms with Gasteiger partial charge in [-0.3, -0.25) is 4.79 Å². The van der Waals surface area contributed by atoms with Crippen molar-refractivity contribution in [2.75, 3.05) is 7.11 Å². The standard InChI is InChI=1S/C11H14ClNO4/c1-4-6(8(13)11(15)16)9(14)10(17-3)5(2)7(4)12/h8,14H,13H2,1-3H3,(H,15,16). The van der Waals surface area contributed by atoms with Gasteiger partial charge in [0.1, 0.15) is 6.04 Å². The average Bonchev–Trinajstić information content (AvgIpc) is 2.27. The highest BCUT2D eigenvalue weighted by atomic mass is 35.5. The predicted molar refractivity (Wildman–Crippen MR) is 63.7 cm³/mol. The largest absolute Gasteiger partial charge is 0.504 e. The molecule has 0 bridgehead atoms. The Morgan fingerprint density at radius 2 is 1.94 bits per heavy atom. The zero-order chi connectivity index (χ0) is 13.3. The second-order valence-electron chi connectivity index (χ2n) is 3.68. The molecule has 6 heteroatoms. The molecule has 94 valence electrons. The van der Waals surface area contributed by atoms with Crippen molar-refractivity contribution < 1.29 is 19.7 Å². The predicted octanol–water partition coefficient (Wildman–Crippen LogP) is 1.76. The Morgan fingerprint density at radius 3 is 2.35 bits per heavy atom. The van der Waals surface area contributed by atoms with Gasteiger partial charge >= 0.3 is 5.97 Å². The van der Waals surface area contributed by atoms with E-state index in [1.165, 1.54) is 7.11 Å². The van der Waals surface area contributed by atoms with Crippen molar-refractivity contribution >= 4 is 17.6 Å². The molecule has 0 aliphatic carbocycles. The molecule has 17 heavy (non-hydrogen) atoms. The highest BCUT2D eigenvalue weighted by Crippen LogP contribution is 2.43. The Bertz CT molecular complexity index is 473. The number of nitrogens with two attached hydrogens (primary N) is 1. The van der Waals surface area contributed by atoms with Gasteiger partial charge < -0.3 is 20.7 Å². The van der Waals surface area contributed by atoms with E-state index >= 15 is 0 Å². The zero-order valence-corrected chi connectivity index (χ0v) is 10.5. The van der Waals surface area contributed by atoms with E-state index in [0.717, 1.165) is 0 Å². The van der Waals surface area contributed by atoms with E-state index in [9.17, 15) is 9.90 Å². The van der Waals surface area contributed by atoms with Crippen LogP contribution in [0.3, 0.4) is 0 Å². The molecule has 0 saturated carbocycles. The van der Waals surface area contributed by atoms with Gasteiger partial charge in [0, 0.05) is 11.1 Å². The fourth-order valence-corrected chi connectivity index (χ4v) is 1.92. The molecule has 0 saturated heterocycles. The zero-order valence-electron chi connectivity index (χ0n) is 9.74. The molecular formula is C11H14ClNO4. The molecule has 1 rings (SSSR count). The Labute approximate surface area is 104 Å². The van der Waals surface area contributed by atoms with Crippen LogP contribution in [0.15, 0.2) is 0 Å². The SMILES string of the molecule is COc1c(C)c(Cl)c(C)c(C(N)C(=O)O)c1O. The molecule has 0 heterocycles. The number of ether oxygens (including phenoxy) is 1. The number of carboxylic acid groups (broad SMARTS) is 1. The summed E-state index contributed by atoms with van der Waals surface area (Å²) in [5.74, 6) is -1.38. The lowest BCUT2D eigenvalue weighted by atomic mass is 9.97. The Hall–Kier alpha value is -1.46. The number of methoxy groups -OCH3 is 1. The van der Waals surface area contributed by atoms with Gasteiger partial charge in [-0.1, -0.05) is 11.6 Å². The first-order valence-electron chi connectivity index (χ1n) is 4.86. The summed E-state index contributed by atoms with van der Waals surface area (Å²) in [4.78, 5) is 10.9. The smallest absolute Gasteiger partial charge is 0.325 e. The van der Waals surface area contributed by atoms with Crippen LogP contribution in [0.2, 0.25) is 5.02 Å². The number of benzene rings is 1. The van der Waals surface area contributed by atoms with Crippen molar-refractivity contribution in [3.8, 4) is 11.5 Å². The number of carbonyl (C=O) groups is 1. The number of aromatic hydroxyl groups is 1. The third kappa shape index (κ3) is 2.16. The lowest BCUT2D eigenvalue weighted by Crippen LogP contribution is -2.22. The Kier molecular flexibility index (Phi) is 3.85. The molecule has 4 N–H and O–H groups in total. The average molecular weight is 260 g/mol. The molecule has 0 aliphatic rings. The first-order valence-corrected chi connectivity index (χ1v) is 5.24. The van der Waals surface area contributed by atoms with E-state index in [4.69, 9.17) is 27.2 Å². The number of hydrogen-bond acceptors (Lipinski definition) is 4. The van der Waals surface area contributed by atoms with Gasteiger partial charge in [0.25, 0.3) is 0 Å². The maximum Gasteiger partial charge on any atom is 0.325 e. The van der Waals surface area contributed by atoms with E-state index in [1.807, 2.05) is 0 Å². The lowest BCUT2D eigenvalue weighted by Gasteiger charge is -2.19. The molecule has 1 atom stereocenters. The number of hydrogen-bond donors (Lipinski definition) is 3. The van der Waals surface area contributed by atoms with Crippen molar-refractivity contribution in [2.45, 2.75) is 19.9 Å². The van der Waals surface area contributed by atoms with Crippen LogP contribution in [0.5, 0.6) is 11.5 Å². The van der Waals surface area contributed by atoms with Crippen LogP contribution in [0.4, 0.5) is 0 Å². The number of halogens is 1. The molecule has 0 amide bonds. The van der Waals surface area contributed by atoms with Crippen molar-refractivity contribution in [3.05, 3.63) is 21.7 Å². The molecule has 0 aliphatic heterocycles. The number of rotatable bonds is 3. The topological polar surface area (TPSA) is 92.8 Å². The molecule has 1 unspecified atom stereocenters. The van der Waals surface area contributed by atoms with E-state index in [-0.39, 0.29) is 17.1 Å². The number of carboxylic acids is 1. The summed E-state index contributed by atoms with van der Waals surface area (Å²) >= 11 is 6.05. The van der Waals surface area contributed by atoms with Crippen molar-refractivity contribution in [2.24, 2.45) is 5.73 Å². The third-order valence-electron chi connectivity index (χ3n) is 2.65. The highest BCUT2D eigenvalue weighted by Gasteiger charge is 2.26. The van der Waals surface area contributed by atoms with E-state index in [2.05, 4.69) is 0 Å². The quantitative estimate of drug-likeness (QED) is 0.769. The van der Waals surface area contributed by atoms with Crippen LogP contribution < -0.4 is 10.5 Å². The maximum absolute atomic E-state index is 10.9. The molecule has 0 spiro atoms. The number of phenolic OH excluding ortho intramolecular Hbond substituents is 1. The van der Waals surface area contributed by atoms with Gasteiger partial charge in [0.15, 0.2) is 11.5 Å². The fraction of sp³-hybridized carbons (Fsp3) is 0.364. The van der Waals surface area contributed by atoms with Gasteiger partial charge in [-0.05, 0) is 19.4 Å². The molecule has 5 nitrogen and oxygen atoms in total. The summed E-state index contributed by atoms with van der Waals surface area (Å²) in [5.41, 5.74) is 6.57.